The molecule has 2 aromatic carbocycles. The summed E-state index contributed by atoms with van der Waals surface area (Å²) in [5.74, 6) is 1.20. The molecular weight excluding hydrogens is 384 g/mol. The molecule has 3 aromatic rings. The topological polar surface area (TPSA) is 74.5 Å². The summed E-state index contributed by atoms with van der Waals surface area (Å²) in [6, 6.07) is 8.66. The number of hydrogen-bond acceptors (Lipinski definition) is 7. The Morgan fingerprint density at radius 1 is 1.36 bits per heavy atom. The van der Waals surface area contributed by atoms with E-state index in [-0.39, 0.29) is 12.5 Å². The molecule has 0 atom stereocenters. The molecule has 0 spiro atoms. The van der Waals surface area contributed by atoms with Crippen LogP contribution in [0.25, 0.3) is 10.2 Å². The van der Waals surface area contributed by atoms with Crippen molar-refractivity contribution in [3.05, 3.63) is 56.6 Å². The van der Waals surface area contributed by atoms with Crippen LogP contribution in [0.3, 0.4) is 0 Å². The van der Waals surface area contributed by atoms with Crippen LogP contribution in [0.2, 0.25) is 5.02 Å². The predicted molar refractivity (Wildman–Crippen MR) is 97.6 cm³/mol. The second-order valence-electron chi connectivity index (χ2n) is 5.34. The fraction of sp³-hybridized carbons (Fsp3) is 0.188. The van der Waals surface area contributed by atoms with Crippen LogP contribution < -0.4 is 4.74 Å². The van der Waals surface area contributed by atoms with Gasteiger partial charge in [-0.05, 0) is 18.2 Å². The standard InChI is InChI=1S/C16H11ClN2O4S2/c17-11-1-2-14-13(5-11)18-16(25-14)24-7-10-4-12(19(20)21)3-9-6-22-8-23-15(9)10/h1-5H,6-8H2. The number of ether oxygens (including phenoxy) is 2. The largest absolute Gasteiger partial charge is 0.467 e. The van der Waals surface area contributed by atoms with Gasteiger partial charge in [-0.25, -0.2) is 4.98 Å². The molecule has 9 heteroatoms. The zero-order valence-corrected chi connectivity index (χ0v) is 15.1. The fourth-order valence-electron chi connectivity index (χ4n) is 2.57. The number of thiazole rings is 1. The van der Waals surface area contributed by atoms with Gasteiger partial charge in [0, 0.05) is 34.0 Å². The van der Waals surface area contributed by atoms with Gasteiger partial charge in [-0.3, -0.25) is 10.1 Å². The number of nitro groups is 1. The second kappa shape index (κ2) is 6.80. The average molecular weight is 395 g/mol. The number of fused-ring (bicyclic) bond motifs is 2. The van der Waals surface area contributed by atoms with Crippen molar-refractivity contribution >= 4 is 50.6 Å². The van der Waals surface area contributed by atoms with Gasteiger partial charge in [-0.2, -0.15) is 0 Å². The molecule has 2 heterocycles. The third kappa shape index (κ3) is 3.43. The summed E-state index contributed by atoms with van der Waals surface area (Å²) in [7, 11) is 0. The molecule has 0 aliphatic carbocycles. The van der Waals surface area contributed by atoms with Crippen molar-refractivity contribution in [2.45, 2.75) is 16.7 Å². The highest BCUT2D eigenvalue weighted by Gasteiger charge is 2.21. The average Bonchev–Trinajstić information content (AvgIpc) is 3.01. The van der Waals surface area contributed by atoms with Gasteiger partial charge in [0.25, 0.3) is 5.69 Å². The van der Waals surface area contributed by atoms with Gasteiger partial charge in [0.1, 0.15) is 5.75 Å². The first kappa shape index (κ1) is 16.6. The number of non-ortho nitro benzene ring substituents is 1. The first-order valence-electron chi connectivity index (χ1n) is 7.30. The van der Waals surface area contributed by atoms with E-state index in [2.05, 4.69) is 4.98 Å². The minimum absolute atomic E-state index is 0.0412. The van der Waals surface area contributed by atoms with E-state index in [1.54, 1.807) is 17.4 Å². The summed E-state index contributed by atoms with van der Waals surface area (Å²) in [6.45, 7) is 0.469. The van der Waals surface area contributed by atoms with E-state index in [0.717, 1.165) is 20.1 Å². The predicted octanol–water partition coefficient (Wildman–Crippen LogP) is 5.02. The molecule has 0 radical (unpaired) electrons. The molecule has 6 nitrogen and oxygen atoms in total. The van der Waals surface area contributed by atoms with Crippen LogP contribution in [0.1, 0.15) is 11.1 Å². The number of thioether (sulfide) groups is 1. The van der Waals surface area contributed by atoms with Crippen molar-refractivity contribution in [2.75, 3.05) is 6.79 Å². The summed E-state index contributed by atoms with van der Waals surface area (Å²) in [4.78, 5) is 15.3. The molecule has 0 saturated carbocycles. The van der Waals surface area contributed by atoms with Gasteiger partial charge >= 0.3 is 0 Å². The zero-order chi connectivity index (χ0) is 17.4. The molecule has 0 unspecified atom stereocenters. The Kier molecular flexibility index (Phi) is 4.51. The van der Waals surface area contributed by atoms with Crippen LogP contribution in [0, 0.1) is 10.1 Å². The number of hydrogen-bond donors (Lipinski definition) is 0. The second-order valence-corrected chi connectivity index (χ2v) is 8.03. The van der Waals surface area contributed by atoms with E-state index >= 15 is 0 Å². The smallest absolute Gasteiger partial charge is 0.270 e. The number of nitrogens with zero attached hydrogens (tertiary/aromatic N) is 2. The molecule has 4 rings (SSSR count). The van der Waals surface area contributed by atoms with Crippen molar-refractivity contribution < 1.29 is 14.4 Å². The maximum Gasteiger partial charge on any atom is 0.270 e. The van der Waals surface area contributed by atoms with Crippen LogP contribution in [-0.2, 0) is 17.1 Å². The summed E-state index contributed by atoms with van der Waals surface area (Å²) in [6.07, 6.45) is 0. The molecule has 0 bridgehead atoms. The Bertz CT molecular complexity index is 976. The normalized spacial score (nSPS) is 13.5. The third-order valence-electron chi connectivity index (χ3n) is 3.66. The number of halogens is 1. The van der Waals surface area contributed by atoms with Crippen molar-refractivity contribution in [1.29, 1.82) is 0 Å². The lowest BCUT2D eigenvalue weighted by atomic mass is 10.1. The lowest BCUT2D eigenvalue weighted by molar-refractivity contribution is -0.385. The van der Waals surface area contributed by atoms with E-state index in [1.165, 1.54) is 17.8 Å². The van der Waals surface area contributed by atoms with Crippen molar-refractivity contribution in [3.63, 3.8) is 0 Å². The van der Waals surface area contributed by atoms with Crippen LogP contribution >= 0.6 is 34.7 Å². The van der Waals surface area contributed by atoms with Gasteiger partial charge in [0.05, 0.1) is 21.7 Å². The Morgan fingerprint density at radius 3 is 3.08 bits per heavy atom. The molecule has 1 aliphatic heterocycles. The highest BCUT2D eigenvalue weighted by molar-refractivity contribution is 8.00. The number of nitro benzene ring substituents is 1. The first-order valence-corrected chi connectivity index (χ1v) is 9.48. The minimum Gasteiger partial charge on any atom is -0.467 e. The van der Waals surface area contributed by atoms with Gasteiger partial charge in [0.15, 0.2) is 11.1 Å². The highest BCUT2D eigenvalue weighted by atomic mass is 35.5. The van der Waals surface area contributed by atoms with E-state index in [9.17, 15) is 10.1 Å². The van der Waals surface area contributed by atoms with Gasteiger partial charge in [-0.15, -0.1) is 11.3 Å². The molecule has 0 amide bonds. The van der Waals surface area contributed by atoms with Gasteiger partial charge < -0.3 is 9.47 Å². The Balaban J connectivity index is 1.62. The molecule has 25 heavy (non-hydrogen) atoms. The van der Waals surface area contributed by atoms with Gasteiger partial charge in [-0.1, -0.05) is 23.4 Å². The highest BCUT2D eigenvalue weighted by Crippen LogP contribution is 2.38. The van der Waals surface area contributed by atoms with Crippen LogP contribution in [0.15, 0.2) is 34.7 Å². The van der Waals surface area contributed by atoms with Gasteiger partial charge in [0.2, 0.25) is 0 Å². The Morgan fingerprint density at radius 2 is 2.24 bits per heavy atom. The fourth-order valence-corrected chi connectivity index (χ4v) is 4.76. The lowest BCUT2D eigenvalue weighted by Gasteiger charge is -2.20. The molecule has 128 valence electrons. The summed E-state index contributed by atoms with van der Waals surface area (Å²) in [5.41, 5.74) is 2.37. The van der Waals surface area contributed by atoms with Crippen LogP contribution in [-0.4, -0.2) is 16.7 Å². The molecule has 0 N–H and O–H groups in total. The molecule has 1 aromatic heterocycles. The van der Waals surface area contributed by atoms with E-state index in [0.29, 0.717) is 28.7 Å². The maximum absolute atomic E-state index is 11.2. The van der Waals surface area contributed by atoms with E-state index in [4.69, 9.17) is 21.1 Å². The summed E-state index contributed by atoms with van der Waals surface area (Å²) < 4.78 is 12.7. The molecular formula is C16H11ClN2O4S2. The van der Waals surface area contributed by atoms with Crippen LogP contribution in [0.4, 0.5) is 5.69 Å². The number of rotatable bonds is 4. The Labute approximate surface area is 155 Å². The van der Waals surface area contributed by atoms with E-state index in [1.807, 2.05) is 18.2 Å². The number of aromatic nitrogens is 1. The molecule has 1 aliphatic rings. The van der Waals surface area contributed by atoms with E-state index < -0.39 is 4.92 Å². The molecule has 0 fully saturated rings. The summed E-state index contributed by atoms with van der Waals surface area (Å²) >= 11 is 9.08. The zero-order valence-electron chi connectivity index (χ0n) is 12.7. The van der Waals surface area contributed by atoms with Crippen LogP contribution in [0.5, 0.6) is 5.75 Å². The SMILES string of the molecule is O=[N+]([O-])c1cc2c(c(CSc3nc4cc(Cl)ccc4s3)c1)OCOC2. The molecule has 0 saturated heterocycles. The summed E-state index contributed by atoms with van der Waals surface area (Å²) in [5, 5.41) is 11.8. The maximum atomic E-state index is 11.2. The quantitative estimate of drug-likeness (QED) is 0.351. The van der Waals surface area contributed by atoms with Crippen molar-refractivity contribution in [1.82, 2.24) is 4.98 Å². The third-order valence-corrected chi connectivity index (χ3v) is 6.13. The Hall–Kier alpha value is -1.87. The monoisotopic (exact) mass is 394 g/mol. The number of benzene rings is 2. The first-order chi connectivity index (χ1) is 12.1. The van der Waals surface area contributed by atoms with Crippen molar-refractivity contribution in [2.24, 2.45) is 0 Å². The minimum atomic E-state index is -0.400. The van der Waals surface area contributed by atoms with Crippen molar-refractivity contribution in [3.8, 4) is 5.75 Å². The lowest BCUT2D eigenvalue weighted by Crippen LogP contribution is -2.13.